The van der Waals surface area contributed by atoms with Gasteiger partial charge in [-0.1, -0.05) is 0 Å². The summed E-state index contributed by atoms with van der Waals surface area (Å²) in [5.41, 5.74) is -3.07. The molecule has 0 fully saturated rings. The van der Waals surface area contributed by atoms with Crippen LogP contribution in [0.4, 0.5) is 17.6 Å². The summed E-state index contributed by atoms with van der Waals surface area (Å²) in [6.45, 7) is 1.10. The van der Waals surface area contributed by atoms with Crippen molar-refractivity contribution in [3.63, 3.8) is 0 Å². The summed E-state index contributed by atoms with van der Waals surface area (Å²) in [7, 11) is 0. The van der Waals surface area contributed by atoms with Crippen LogP contribution in [0.15, 0.2) is 40.2 Å². The number of H-pyrrole nitrogens is 1. The number of nitrogens with zero attached hydrogens (tertiary/aromatic N) is 4. The summed E-state index contributed by atoms with van der Waals surface area (Å²) in [6, 6.07) is 6.88. The number of aryl methyl sites for hydroxylation is 1. The number of halogens is 4. The van der Waals surface area contributed by atoms with Crippen LogP contribution in [-0.4, -0.2) is 19.7 Å². The molecule has 1 aromatic carbocycles. The molecule has 8 nitrogen and oxygen atoms in total. The topological polar surface area (TPSA) is 114 Å². The van der Waals surface area contributed by atoms with E-state index in [-0.39, 0.29) is 16.9 Å². The molecule has 1 N–H and O–H groups in total. The van der Waals surface area contributed by atoms with Crippen LogP contribution in [0.2, 0.25) is 0 Å². The minimum atomic E-state index is -3.16. The molecule has 0 amide bonds. The summed E-state index contributed by atoms with van der Waals surface area (Å²) in [6.07, 6.45) is -5.37. The highest BCUT2D eigenvalue weighted by Crippen LogP contribution is 2.29. The van der Waals surface area contributed by atoms with Crippen molar-refractivity contribution in [2.24, 2.45) is 0 Å². The molecule has 3 rings (SSSR count). The minimum Gasteiger partial charge on any atom is -0.449 e. The quantitative estimate of drug-likeness (QED) is 0.595. The average molecular weight is 435 g/mol. The standard InChI is InChI=1S/C19H13F4N5O3/c1-9-2-10(6-24)4-12(3-9)31-15-14(17(22)23)25-8-28(19(15)30)7-11-5-13(16(20)21)26-27-18(11)29/h2-5,8,16-17H,7H2,1H3,(H,27,29). The fourth-order valence-electron chi connectivity index (χ4n) is 2.71. The highest BCUT2D eigenvalue weighted by Gasteiger charge is 2.23. The second-order valence-corrected chi connectivity index (χ2v) is 6.39. The maximum absolute atomic E-state index is 13.4. The molecule has 0 aliphatic rings. The molecule has 3 aromatic rings. The van der Waals surface area contributed by atoms with Crippen LogP contribution in [0.25, 0.3) is 0 Å². The van der Waals surface area contributed by atoms with Gasteiger partial charge in [0.25, 0.3) is 24.0 Å². The Bertz CT molecular complexity index is 1280. The number of nitriles is 1. The van der Waals surface area contributed by atoms with Gasteiger partial charge >= 0.3 is 0 Å². The lowest BCUT2D eigenvalue weighted by molar-refractivity contribution is 0.141. The van der Waals surface area contributed by atoms with Crippen molar-refractivity contribution in [2.75, 3.05) is 0 Å². The van der Waals surface area contributed by atoms with E-state index in [1.165, 1.54) is 18.2 Å². The van der Waals surface area contributed by atoms with Gasteiger partial charge in [0.05, 0.1) is 24.5 Å². The van der Waals surface area contributed by atoms with Crippen LogP contribution >= 0.6 is 0 Å². The van der Waals surface area contributed by atoms with Crippen LogP contribution in [0.3, 0.4) is 0 Å². The third kappa shape index (κ3) is 4.77. The lowest BCUT2D eigenvalue weighted by Gasteiger charge is -2.13. The summed E-state index contributed by atoms with van der Waals surface area (Å²) in [4.78, 5) is 28.2. The van der Waals surface area contributed by atoms with Crippen LogP contribution in [0.1, 0.15) is 40.9 Å². The van der Waals surface area contributed by atoms with Crippen molar-refractivity contribution in [3.05, 3.63) is 79.4 Å². The molecule has 12 heteroatoms. The number of alkyl halides is 4. The summed E-state index contributed by atoms with van der Waals surface area (Å²) < 4.78 is 58.6. The van der Waals surface area contributed by atoms with Gasteiger partial charge in [0.1, 0.15) is 11.4 Å². The Morgan fingerprint density at radius 3 is 2.55 bits per heavy atom. The second kappa shape index (κ2) is 8.78. The Hall–Kier alpha value is -4.01. The number of aromatic nitrogens is 4. The number of nitrogens with one attached hydrogen (secondary N) is 1. The largest absolute Gasteiger partial charge is 0.449 e. The summed E-state index contributed by atoms with van der Waals surface area (Å²) >= 11 is 0. The van der Waals surface area contributed by atoms with E-state index in [4.69, 9.17) is 10.00 Å². The third-order valence-corrected chi connectivity index (χ3v) is 4.10. The average Bonchev–Trinajstić information content (AvgIpc) is 2.71. The monoisotopic (exact) mass is 435 g/mol. The van der Waals surface area contributed by atoms with E-state index in [1.807, 2.05) is 11.2 Å². The normalized spacial score (nSPS) is 11.0. The first-order valence-electron chi connectivity index (χ1n) is 8.63. The first-order valence-corrected chi connectivity index (χ1v) is 8.63. The number of aromatic amines is 1. The van der Waals surface area contributed by atoms with E-state index in [0.29, 0.717) is 5.56 Å². The molecule has 0 radical (unpaired) electrons. The number of rotatable bonds is 6. The first kappa shape index (κ1) is 21.7. The molecule has 2 aromatic heterocycles. The van der Waals surface area contributed by atoms with Gasteiger partial charge in [0.2, 0.25) is 5.75 Å². The zero-order valence-electron chi connectivity index (χ0n) is 15.8. The number of hydrogen-bond donors (Lipinski definition) is 1. The van der Waals surface area contributed by atoms with Crippen molar-refractivity contribution < 1.29 is 22.3 Å². The van der Waals surface area contributed by atoms with Crippen molar-refractivity contribution in [3.8, 4) is 17.6 Å². The van der Waals surface area contributed by atoms with Gasteiger partial charge in [0, 0.05) is 5.56 Å². The van der Waals surface area contributed by atoms with Gasteiger partial charge in [-0.15, -0.1) is 0 Å². The molecular formula is C19H13F4N5O3. The van der Waals surface area contributed by atoms with Gasteiger partial charge in [0.15, 0.2) is 5.69 Å². The molecule has 160 valence electrons. The molecule has 0 spiro atoms. The van der Waals surface area contributed by atoms with Crippen LogP contribution in [-0.2, 0) is 6.54 Å². The molecule has 2 heterocycles. The van der Waals surface area contributed by atoms with Crippen molar-refractivity contribution in [2.45, 2.75) is 26.3 Å². The van der Waals surface area contributed by atoms with E-state index >= 15 is 0 Å². The predicted molar refractivity (Wildman–Crippen MR) is 98.3 cm³/mol. The minimum absolute atomic E-state index is 0.0446. The van der Waals surface area contributed by atoms with E-state index in [9.17, 15) is 27.2 Å². The molecule has 0 unspecified atom stereocenters. The van der Waals surface area contributed by atoms with Crippen molar-refractivity contribution in [1.29, 1.82) is 5.26 Å². The van der Waals surface area contributed by atoms with Gasteiger partial charge < -0.3 is 4.74 Å². The maximum Gasteiger partial charge on any atom is 0.297 e. The van der Waals surface area contributed by atoms with E-state index in [0.717, 1.165) is 17.0 Å². The maximum atomic E-state index is 13.4. The molecule has 0 bridgehead atoms. The molecule has 0 atom stereocenters. The highest BCUT2D eigenvalue weighted by molar-refractivity contribution is 5.42. The van der Waals surface area contributed by atoms with E-state index in [2.05, 4.69) is 10.1 Å². The number of benzene rings is 1. The third-order valence-electron chi connectivity index (χ3n) is 4.10. The fourth-order valence-corrected chi connectivity index (χ4v) is 2.71. The predicted octanol–water partition coefficient (Wildman–Crippen LogP) is 3.22. The van der Waals surface area contributed by atoms with Crippen molar-refractivity contribution in [1.82, 2.24) is 19.7 Å². The Kier molecular flexibility index (Phi) is 6.15. The zero-order valence-corrected chi connectivity index (χ0v) is 15.8. The van der Waals surface area contributed by atoms with E-state index < -0.39 is 47.7 Å². The Balaban J connectivity index is 2.07. The summed E-state index contributed by atoms with van der Waals surface area (Å²) in [5.74, 6) is -0.858. The van der Waals surface area contributed by atoms with Gasteiger partial charge in [-0.05, 0) is 36.8 Å². The Morgan fingerprint density at radius 2 is 1.90 bits per heavy atom. The van der Waals surface area contributed by atoms with Crippen LogP contribution in [0.5, 0.6) is 11.5 Å². The fraction of sp³-hybridized carbons (Fsp3) is 0.211. The first-order chi connectivity index (χ1) is 14.7. The lowest BCUT2D eigenvalue weighted by Crippen LogP contribution is -2.27. The van der Waals surface area contributed by atoms with Crippen LogP contribution < -0.4 is 15.9 Å². The molecule has 0 saturated heterocycles. The molecular weight excluding hydrogens is 422 g/mol. The zero-order chi connectivity index (χ0) is 22.7. The Morgan fingerprint density at radius 1 is 1.16 bits per heavy atom. The van der Waals surface area contributed by atoms with E-state index in [1.54, 1.807) is 6.92 Å². The van der Waals surface area contributed by atoms with Gasteiger partial charge in [-0.2, -0.15) is 10.4 Å². The molecule has 0 aliphatic heterocycles. The molecule has 0 saturated carbocycles. The number of ether oxygens (including phenoxy) is 1. The smallest absolute Gasteiger partial charge is 0.297 e. The van der Waals surface area contributed by atoms with Gasteiger partial charge in [-0.3, -0.25) is 14.2 Å². The van der Waals surface area contributed by atoms with Crippen LogP contribution in [0, 0.1) is 18.3 Å². The Labute approximate surface area is 171 Å². The van der Waals surface area contributed by atoms with Crippen molar-refractivity contribution >= 4 is 0 Å². The number of hydrogen-bond acceptors (Lipinski definition) is 6. The lowest BCUT2D eigenvalue weighted by atomic mass is 10.1. The summed E-state index contributed by atoms with van der Waals surface area (Å²) in [5, 5.41) is 14.1. The highest BCUT2D eigenvalue weighted by atomic mass is 19.3. The van der Waals surface area contributed by atoms with Gasteiger partial charge in [-0.25, -0.2) is 27.6 Å². The molecule has 31 heavy (non-hydrogen) atoms. The SMILES string of the molecule is Cc1cc(C#N)cc(Oc2c(C(F)F)ncn(Cc3cc(C(F)F)n[nH]c3=O)c2=O)c1. The second-order valence-electron chi connectivity index (χ2n) is 6.39. The molecule has 0 aliphatic carbocycles.